The maximum Gasteiger partial charge on any atom is 0.243 e. The third-order valence-electron chi connectivity index (χ3n) is 5.41. The molecule has 0 radical (unpaired) electrons. The van der Waals surface area contributed by atoms with Gasteiger partial charge in [0, 0.05) is 47.7 Å². The molecule has 10 nitrogen and oxygen atoms in total. The van der Waals surface area contributed by atoms with Crippen molar-refractivity contribution in [1.29, 1.82) is 0 Å². The van der Waals surface area contributed by atoms with Crippen molar-refractivity contribution in [3.63, 3.8) is 0 Å². The Hall–Kier alpha value is -4.18. The number of carbonyl (C=O) groups excluding carboxylic acids is 2. The number of nitrogens with one attached hydrogen (secondary N) is 4. The maximum atomic E-state index is 12.2. The van der Waals surface area contributed by atoms with E-state index in [0.29, 0.717) is 30.3 Å². The summed E-state index contributed by atoms with van der Waals surface area (Å²) in [4.78, 5) is 32.1. The van der Waals surface area contributed by atoms with Crippen molar-refractivity contribution in [3.05, 3.63) is 60.3 Å². The molecule has 0 spiro atoms. The Morgan fingerprint density at radius 3 is 2.28 bits per heavy atom. The number of carbonyl (C=O) groups is 2. The van der Waals surface area contributed by atoms with Crippen LogP contribution in [0.15, 0.2) is 54.7 Å². The van der Waals surface area contributed by atoms with E-state index in [2.05, 4.69) is 25.9 Å². The summed E-state index contributed by atoms with van der Waals surface area (Å²) in [7, 11) is 1.63. The molecule has 3 aromatic rings. The molecular formula is C26H32N6O4. The van der Waals surface area contributed by atoms with Crippen molar-refractivity contribution in [2.75, 3.05) is 23.1 Å². The molecule has 0 saturated carbocycles. The highest BCUT2D eigenvalue weighted by Gasteiger charge is 2.07. The van der Waals surface area contributed by atoms with Gasteiger partial charge in [0.25, 0.3) is 0 Å². The Balaban J connectivity index is 1.48. The lowest BCUT2D eigenvalue weighted by Gasteiger charge is -2.12. The molecule has 1 heterocycles. The van der Waals surface area contributed by atoms with Gasteiger partial charge >= 0.3 is 0 Å². The highest BCUT2D eigenvalue weighted by atomic mass is 16.5. The summed E-state index contributed by atoms with van der Waals surface area (Å²) in [6.07, 6.45) is 5.55. The van der Waals surface area contributed by atoms with Gasteiger partial charge in [-0.25, -0.2) is 10.5 Å². The second kappa shape index (κ2) is 13.6. The Morgan fingerprint density at radius 2 is 1.58 bits per heavy atom. The molecule has 0 saturated heterocycles. The maximum absolute atomic E-state index is 12.2. The standard InChI is InChI=1S/C26H32N6O4/c1-18-17-27-26(31-25(18)29-21-8-7-9-22(16-21)36-2)30-20-14-12-19(13-15-20)28-23(33)10-5-3-4-6-11-24(34)32-35/h7-9,12-17,35H,3-6,10-11H2,1-2H3,(H,28,33)(H,32,34)(H2,27,29,30,31). The molecule has 190 valence electrons. The predicted octanol–water partition coefficient (Wildman–Crippen LogP) is 5.07. The van der Waals surface area contributed by atoms with Crippen LogP contribution in [0.4, 0.5) is 28.8 Å². The van der Waals surface area contributed by atoms with E-state index in [9.17, 15) is 9.59 Å². The minimum atomic E-state index is -0.384. The summed E-state index contributed by atoms with van der Waals surface area (Å²) in [5.74, 6) is 1.44. The Bertz CT molecular complexity index is 1150. The van der Waals surface area contributed by atoms with Gasteiger partial charge in [0.05, 0.1) is 7.11 Å². The van der Waals surface area contributed by atoms with E-state index in [1.54, 1.807) is 18.8 Å². The number of hydroxylamine groups is 1. The number of aryl methyl sites for hydroxylation is 1. The van der Waals surface area contributed by atoms with Crippen LogP contribution in [-0.2, 0) is 9.59 Å². The van der Waals surface area contributed by atoms with E-state index in [1.807, 2.05) is 55.5 Å². The molecule has 0 aliphatic rings. The smallest absolute Gasteiger partial charge is 0.243 e. The molecule has 10 heteroatoms. The summed E-state index contributed by atoms with van der Waals surface area (Å²) < 4.78 is 5.27. The number of amides is 2. The summed E-state index contributed by atoms with van der Waals surface area (Å²) in [5.41, 5.74) is 4.86. The molecule has 36 heavy (non-hydrogen) atoms. The number of rotatable bonds is 13. The van der Waals surface area contributed by atoms with E-state index in [-0.39, 0.29) is 18.2 Å². The van der Waals surface area contributed by atoms with Gasteiger partial charge in [0.1, 0.15) is 11.6 Å². The highest BCUT2D eigenvalue weighted by molar-refractivity contribution is 5.90. The fourth-order valence-corrected chi connectivity index (χ4v) is 3.44. The lowest BCUT2D eigenvalue weighted by Crippen LogP contribution is -2.17. The zero-order valence-electron chi connectivity index (χ0n) is 20.5. The molecule has 0 atom stereocenters. The number of unbranched alkanes of at least 4 members (excludes halogenated alkanes) is 3. The van der Waals surface area contributed by atoms with E-state index < -0.39 is 0 Å². The van der Waals surface area contributed by atoms with Gasteiger partial charge in [-0.1, -0.05) is 18.9 Å². The third kappa shape index (κ3) is 8.55. The number of hydrogen-bond donors (Lipinski definition) is 5. The fraction of sp³-hybridized carbons (Fsp3) is 0.308. The molecule has 0 aliphatic heterocycles. The van der Waals surface area contributed by atoms with E-state index in [1.165, 1.54) is 0 Å². The summed E-state index contributed by atoms with van der Waals surface area (Å²) in [6.45, 7) is 1.93. The van der Waals surface area contributed by atoms with Crippen LogP contribution in [0.3, 0.4) is 0 Å². The lowest BCUT2D eigenvalue weighted by atomic mass is 10.1. The van der Waals surface area contributed by atoms with E-state index in [0.717, 1.165) is 42.0 Å². The molecular weight excluding hydrogens is 460 g/mol. The first-order chi connectivity index (χ1) is 17.5. The first kappa shape index (κ1) is 26.4. The van der Waals surface area contributed by atoms with Crippen LogP contribution in [0.1, 0.15) is 44.1 Å². The van der Waals surface area contributed by atoms with Crippen molar-refractivity contribution in [2.24, 2.45) is 0 Å². The average Bonchev–Trinajstić information content (AvgIpc) is 2.89. The number of benzene rings is 2. The van der Waals surface area contributed by atoms with E-state index >= 15 is 0 Å². The molecule has 3 rings (SSSR count). The number of ether oxygens (including phenoxy) is 1. The summed E-state index contributed by atoms with van der Waals surface area (Å²) >= 11 is 0. The number of anilines is 5. The van der Waals surface area contributed by atoms with Gasteiger partial charge in [0.2, 0.25) is 17.8 Å². The second-order valence-corrected chi connectivity index (χ2v) is 8.28. The molecule has 0 aliphatic carbocycles. The quantitative estimate of drug-likeness (QED) is 0.127. The van der Waals surface area contributed by atoms with Gasteiger partial charge in [-0.2, -0.15) is 4.98 Å². The lowest BCUT2D eigenvalue weighted by molar-refractivity contribution is -0.129. The van der Waals surface area contributed by atoms with Crippen molar-refractivity contribution in [2.45, 2.75) is 45.4 Å². The molecule has 2 aromatic carbocycles. The number of hydrogen-bond acceptors (Lipinski definition) is 8. The van der Waals surface area contributed by atoms with Crippen LogP contribution in [0.25, 0.3) is 0 Å². The normalized spacial score (nSPS) is 10.4. The monoisotopic (exact) mass is 492 g/mol. The molecule has 5 N–H and O–H groups in total. The zero-order valence-corrected chi connectivity index (χ0v) is 20.5. The molecule has 0 unspecified atom stereocenters. The second-order valence-electron chi connectivity index (χ2n) is 8.28. The fourth-order valence-electron chi connectivity index (χ4n) is 3.44. The number of aromatic nitrogens is 2. The van der Waals surface area contributed by atoms with Crippen molar-refractivity contribution in [1.82, 2.24) is 15.4 Å². The van der Waals surface area contributed by atoms with Gasteiger partial charge < -0.3 is 20.7 Å². The molecule has 1 aromatic heterocycles. The Kier molecular flexibility index (Phi) is 10.0. The molecule has 2 amide bonds. The third-order valence-corrected chi connectivity index (χ3v) is 5.41. The van der Waals surface area contributed by atoms with Gasteiger partial charge in [-0.3, -0.25) is 14.8 Å². The van der Waals surface area contributed by atoms with Gasteiger partial charge in [-0.15, -0.1) is 0 Å². The van der Waals surface area contributed by atoms with Crippen molar-refractivity contribution in [3.8, 4) is 5.75 Å². The summed E-state index contributed by atoms with van der Waals surface area (Å²) in [6, 6.07) is 14.9. The number of methoxy groups -OCH3 is 1. The Labute approximate surface area is 210 Å². The van der Waals surface area contributed by atoms with Crippen LogP contribution in [0.2, 0.25) is 0 Å². The highest BCUT2D eigenvalue weighted by Crippen LogP contribution is 2.24. The van der Waals surface area contributed by atoms with Crippen LogP contribution in [-0.4, -0.2) is 34.1 Å². The topological polar surface area (TPSA) is 138 Å². The summed E-state index contributed by atoms with van der Waals surface area (Å²) in [5, 5.41) is 17.8. The first-order valence-electron chi connectivity index (χ1n) is 11.8. The van der Waals surface area contributed by atoms with Crippen molar-refractivity contribution >= 4 is 40.6 Å². The molecule has 0 fully saturated rings. The van der Waals surface area contributed by atoms with Crippen LogP contribution in [0, 0.1) is 6.92 Å². The predicted molar refractivity (Wildman–Crippen MR) is 139 cm³/mol. The number of nitrogens with zero attached hydrogens (tertiary/aromatic N) is 2. The van der Waals surface area contributed by atoms with Gasteiger partial charge in [0.15, 0.2) is 0 Å². The van der Waals surface area contributed by atoms with Crippen LogP contribution in [0.5, 0.6) is 5.75 Å². The average molecular weight is 493 g/mol. The van der Waals surface area contributed by atoms with Crippen molar-refractivity contribution < 1.29 is 19.5 Å². The SMILES string of the molecule is COc1cccc(Nc2nc(Nc3ccc(NC(=O)CCCCCCC(=O)NO)cc3)ncc2C)c1. The van der Waals surface area contributed by atoms with Crippen LogP contribution < -0.4 is 26.2 Å². The van der Waals surface area contributed by atoms with Crippen LogP contribution >= 0.6 is 0 Å². The minimum absolute atomic E-state index is 0.0565. The Morgan fingerprint density at radius 1 is 0.889 bits per heavy atom. The largest absolute Gasteiger partial charge is 0.497 e. The molecule has 0 bridgehead atoms. The van der Waals surface area contributed by atoms with Gasteiger partial charge in [-0.05, 0) is 56.2 Å². The minimum Gasteiger partial charge on any atom is -0.497 e. The first-order valence-corrected chi connectivity index (χ1v) is 11.8. The van der Waals surface area contributed by atoms with E-state index in [4.69, 9.17) is 9.94 Å². The zero-order chi connectivity index (χ0) is 25.8.